The normalized spacial score (nSPS) is 10.9. The smallest absolute Gasteiger partial charge is 0.158 e. The van der Waals surface area contributed by atoms with Gasteiger partial charge in [-0.2, -0.15) is 5.26 Å². The molecule has 5 heteroatoms. The number of anilines is 1. The average molecular weight is 282 g/mol. The molecule has 0 atom stereocenters. The van der Waals surface area contributed by atoms with Crippen LogP contribution in [-0.2, 0) is 6.54 Å². The lowest BCUT2D eigenvalue weighted by atomic mass is 10.2. The van der Waals surface area contributed by atoms with E-state index in [4.69, 9.17) is 5.26 Å². The Morgan fingerprint density at radius 3 is 2.30 bits per heavy atom. The van der Waals surface area contributed by atoms with E-state index in [1.807, 2.05) is 6.07 Å². The summed E-state index contributed by atoms with van der Waals surface area (Å²) in [6.45, 7) is 7.72. The van der Waals surface area contributed by atoms with E-state index in [0.717, 1.165) is 0 Å². The van der Waals surface area contributed by atoms with Crippen LogP contribution in [0.2, 0.25) is 19.6 Å². The standard InChI is InChI=1S/C15H18N4Si/c1-20(2,3)14-6-4-12(5-7-14)9-18-15-11-17-13(8-16)10-19-15/h4-7,10-11H,9H2,1-3H3,(H,18,19). The fourth-order valence-electron chi connectivity index (χ4n) is 1.79. The molecular formula is C15H18N4Si. The van der Waals surface area contributed by atoms with Crippen molar-refractivity contribution in [2.24, 2.45) is 0 Å². The molecule has 102 valence electrons. The summed E-state index contributed by atoms with van der Waals surface area (Å²) < 4.78 is 0. The molecule has 0 saturated heterocycles. The summed E-state index contributed by atoms with van der Waals surface area (Å²) in [7, 11) is -1.23. The van der Waals surface area contributed by atoms with Crippen LogP contribution in [0, 0.1) is 11.3 Å². The average Bonchev–Trinajstić information content (AvgIpc) is 2.45. The molecule has 0 amide bonds. The third kappa shape index (κ3) is 3.65. The molecule has 4 nitrogen and oxygen atoms in total. The molecule has 0 fully saturated rings. The first kappa shape index (κ1) is 14.2. The van der Waals surface area contributed by atoms with Gasteiger partial charge in [0.25, 0.3) is 0 Å². The molecule has 0 bridgehead atoms. The zero-order valence-electron chi connectivity index (χ0n) is 12.0. The van der Waals surface area contributed by atoms with Gasteiger partial charge in [0.15, 0.2) is 5.69 Å². The minimum atomic E-state index is -1.23. The molecule has 1 heterocycles. The second-order valence-electron chi connectivity index (χ2n) is 5.70. The number of hydrogen-bond acceptors (Lipinski definition) is 4. The number of nitrogens with one attached hydrogen (secondary N) is 1. The van der Waals surface area contributed by atoms with E-state index in [-0.39, 0.29) is 0 Å². The number of hydrogen-bond donors (Lipinski definition) is 1. The molecular weight excluding hydrogens is 264 g/mol. The van der Waals surface area contributed by atoms with Gasteiger partial charge >= 0.3 is 0 Å². The van der Waals surface area contributed by atoms with Crippen LogP contribution >= 0.6 is 0 Å². The monoisotopic (exact) mass is 282 g/mol. The number of benzene rings is 1. The summed E-state index contributed by atoms with van der Waals surface area (Å²) >= 11 is 0. The SMILES string of the molecule is C[Si](C)(C)c1ccc(CNc2cnc(C#N)cn2)cc1. The molecule has 1 N–H and O–H groups in total. The summed E-state index contributed by atoms with van der Waals surface area (Å²) in [4.78, 5) is 8.11. The van der Waals surface area contributed by atoms with E-state index in [1.54, 1.807) is 6.20 Å². The third-order valence-corrected chi connectivity index (χ3v) is 5.13. The summed E-state index contributed by atoms with van der Waals surface area (Å²) in [6, 6.07) is 10.7. The summed E-state index contributed by atoms with van der Waals surface area (Å²) in [5, 5.41) is 13.3. The zero-order chi connectivity index (χ0) is 14.6. The van der Waals surface area contributed by atoms with Crippen LogP contribution < -0.4 is 10.5 Å². The number of aromatic nitrogens is 2. The first-order chi connectivity index (χ1) is 9.49. The van der Waals surface area contributed by atoms with Gasteiger partial charge < -0.3 is 5.32 Å². The van der Waals surface area contributed by atoms with Gasteiger partial charge in [0.2, 0.25) is 0 Å². The van der Waals surface area contributed by atoms with Gasteiger partial charge in [0.1, 0.15) is 11.9 Å². The second kappa shape index (κ2) is 5.84. The second-order valence-corrected chi connectivity index (χ2v) is 10.8. The highest BCUT2D eigenvalue weighted by Gasteiger charge is 2.15. The Kier molecular flexibility index (Phi) is 4.16. The van der Waals surface area contributed by atoms with Crippen LogP contribution in [0.15, 0.2) is 36.7 Å². The van der Waals surface area contributed by atoms with E-state index >= 15 is 0 Å². The number of rotatable bonds is 4. The van der Waals surface area contributed by atoms with Crippen LogP contribution in [0.1, 0.15) is 11.3 Å². The fraction of sp³-hybridized carbons (Fsp3) is 0.267. The predicted octanol–water partition coefficient (Wildman–Crippen LogP) is 2.51. The lowest BCUT2D eigenvalue weighted by Crippen LogP contribution is -2.37. The van der Waals surface area contributed by atoms with E-state index < -0.39 is 8.07 Å². The van der Waals surface area contributed by atoms with Gasteiger partial charge in [-0.15, -0.1) is 0 Å². The van der Waals surface area contributed by atoms with Crippen molar-refractivity contribution in [3.63, 3.8) is 0 Å². The van der Waals surface area contributed by atoms with E-state index in [2.05, 4.69) is 59.2 Å². The van der Waals surface area contributed by atoms with Gasteiger partial charge in [-0.25, -0.2) is 9.97 Å². The molecule has 0 saturated carbocycles. The van der Waals surface area contributed by atoms with Crippen LogP contribution in [0.25, 0.3) is 0 Å². The Labute approximate surface area is 120 Å². The number of nitriles is 1. The van der Waals surface area contributed by atoms with Crippen molar-refractivity contribution in [3.8, 4) is 6.07 Å². The molecule has 0 aliphatic carbocycles. The largest absolute Gasteiger partial charge is 0.365 e. The van der Waals surface area contributed by atoms with Crippen LogP contribution in [0.5, 0.6) is 0 Å². The molecule has 2 aromatic rings. The fourth-order valence-corrected chi connectivity index (χ4v) is 2.96. The minimum absolute atomic E-state index is 0.329. The first-order valence-corrected chi connectivity index (χ1v) is 10.0. The van der Waals surface area contributed by atoms with Gasteiger partial charge in [-0.05, 0) is 5.56 Å². The Bertz CT molecular complexity index is 606. The lowest BCUT2D eigenvalue weighted by molar-refractivity contribution is 1.08. The zero-order valence-corrected chi connectivity index (χ0v) is 13.0. The van der Waals surface area contributed by atoms with E-state index in [9.17, 15) is 0 Å². The van der Waals surface area contributed by atoms with Crippen molar-refractivity contribution in [2.75, 3.05) is 5.32 Å². The van der Waals surface area contributed by atoms with Gasteiger partial charge in [-0.1, -0.05) is 49.1 Å². The summed E-state index contributed by atoms with van der Waals surface area (Å²) in [5.41, 5.74) is 1.54. The highest BCUT2D eigenvalue weighted by molar-refractivity contribution is 6.88. The quantitative estimate of drug-likeness (QED) is 0.875. The number of nitrogens with zero attached hydrogens (tertiary/aromatic N) is 3. The van der Waals surface area contributed by atoms with Crippen molar-refractivity contribution in [1.29, 1.82) is 5.26 Å². The molecule has 0 radical (unpaired) electrons. The van der Waals surface area contributed by atoms with Crippen molar-refractivity contribution in [2.45, 2.75) is 26.2 Å². The Morgan fingerprint density at radius 2 is 1.80 bits per heavy atom. The van der Waals surface area contributed by atoms with Crippen molar-refractivity contribution < 1.29 is 0 Å². The Hall–Kier alpha value is -2.19. The molecule has 0 aliphatic rings. The van der Waals surface area contributed by atoms with Crippen LogP contribution in [0.4, 0.5) is 5.82 Å². The maximum absolute atomic E-state index is 8.66. The van der Waals surface area contributed by atoms with Crippen molar-refractivity contribution >= 4 is 19.1 Å². The van der Waals surface area contributed by atoms with Crippen LogP contribution in [0.3, 0.4) is 0 Å². The predicted molar refractivity (Wildman–Crippen MR) is 83.5 cm³/mol. The van der Waals surface area contributed by atoms with Gasteiger partial charge in [0, 0.05) is 6.54 Å². The van der Waals surface area contributed by atoms with Crippen molar-refractivity contribution in [3.05, 3.63) is 47.9 Å². The highest BCUT2D eigenvalue weighted by Crippen LogP contribution is 2.07. The maximum atomic E-state index is 8.66. The van der Waals surface area contributed by atoms with Crippen LogP contribution in [-0.4, -0.2) is 18.0 Å². The van der Waals surface area contributed by atoms with E-state index in [1.165, 1.54) is 16.9 Å². The summed E-state index contributed by atoms with van der Waals surface area (Å²) in [6.07, 6.45) is 3.05. The van der Waals surface area contributed by atoms with Crippen molar-refractivity contribution in [1.82, 2.24) is 9.97 Å². The molecule has 1 aromatic carbocycles. The molecule has 2 rings (SSSR count). The molecule has 20 heavy (non-hydrogen) atoms. The lowest BCUT2D eigenvalue weighted by Gasteiger charge is -2.16. The molecule has 0 unspecified atom stereocenters. The first-order valence-electron chi connectivity index (χ1n) is 6.54. The molecule has 0 spiro atoms. The summed E-state index contributed by atoms with van der Waals surface area (Å²) in [5.74, 6) is 0.679. The highest BCUT2D eigenvalue weighted by atomic mass is 28.3. The Morgan fingerprint density at radius 1 is 1.10 bits per heavy atom. The van der Waals surface area contributed by atoms with Gasteiger partial charge in [0.05, 0.1) is 20.5 Å². The third-order valence-electron chi connectivity index (χ3n) is 3.06. The molecule has 1 aromatic heterocycles. The minimum Gasteiger partial charge on any atom is -0.365 e. The topological polar surface area (TPSA) is 61.6 Å². The van der Waals surface area contributed by atoms with Gasteiger partial charge in [-0.3, -0.25) is 0 Å². The molecule has 0 aliphatic heterocycles. The maximum Gasteiger partial charge on any atom is 0.158 e. The Balaban J connectivity index is 1.98. The van der Waals surface area contributed by atoms with E-state index in [0.29, 0.717) is 18.1 Å².